The van der Waals surface area contributed by atoms with Crippen LogP contribution in [-0.2, 0) is 19.7 Å². The predicted octanol–water partition coefficient (Wildman–Crippen LogP) is 7.02. The lowest BCUT2D eigenvalue weighted by Gasteiger charge is -2.16. The van der Waals surface area contributed by atoms with Gasteiger partial charge in [-0.15, -0.1) is 0 Å². The van der Waals surface area contributed by atoms with Crippen LogP contribution in [0.3, 0.4) is 0 Å². The maximum atomic E-state index is 6.32. The molecule has 0 heterocycles. The van der Waals surface area contributed by atoms with E-state index in [1.165, 1.54) is 5.39 Å². The third-order valence-electron chi connectivity index (χ3n) is 5.24. The highest BCUT2D eigenvalue weighted by molar-refractivity contribution is 6.35. The zero-order valence-corrected chi connectivity index (χ0v) is 18.7. The van der Waals surface area contributed by atoms with E-state index in [-0.39, 0.29) is 0 Å². The summed E-state index contributed by atoms with van der Waals surface area (Å²) in [5, 5.41) is 7.05. The van der Waals surface area contributed by atoms with E-state index in [1.54, 1.807) is 7.11 Å². The SMILES string of the molecule is COc1ccccc1CNCc1c(OCc2c(Cl)cccc2Cl)ccc2ccccc12. The van der Waals surface area contributed by atoms with Gasteiger partial charge >= 0.3 is 0 Å². The summed E-state index contributed by atoms with van der Waals surface area (Å²) in [6.45, 7) is 1.63. The van der Waals surface area contributed by atoms with Gasteiger partial charge in [0.1, 0.15) is 18.1 Å². The number of hydrogen-bond donors (Lipinski definition) is 1. The topological polar surface area (TPSA) is 30.5 Å². The summed E-state index contributed by atoms with van der Waals surface area (Å²) in [6, 6.07) is 25.9. The molecule has 158 valence electrons. The third-order valence-corrected chi connectivity index (χ3v) is 5.95. The minimum absolute atomic E-state index is 0.302. The molecule has 3 nitrogen and oxygen atoms in total. The van der Waals surface area contributed by atoms with Crippen molar-refractivity contribution in [2.45, 2.75) is 19.7 Å². The van der Waals surface area contributed by atoms with E-state index < -0.39 is 0 Å². The van der Waals surface area contributed by atoms with Crippen LogP contribution in [0.1, 0.15) is 16.7 Å². The fraction of sp³-hybridized carbons (Fsp3) is 0.154. The molecular weight excluding hydrogens is 429 g/mol. The summed E-state index contributed by atoms with van der Waals surface area (Å²) in [7, 11) is 1.69. The second kappa shape index (κ2) is 10.1. The summed E-state index contributed by atoms with van der Waals surface area (Å²) in [6.07, 6.45) is 0. The van der Waals surface area contributed by atoms with Gasteiger partial charge in [-0.25, -0.2) is 0 Å². The number of para-hydroxylation sites is 1. The number of halogens is 2. The Labute approximate surface area is 192 Å². The molecule has 1 N–H and O–H groups in total. The van der Waals surface area contributed by atoms with Crippen molar-refractivity contribution < 1.29 is 9.47 Å². The summed E-state index contributed by atoms with van der Waals surface area (Å²) in [5.74, 6) is 1.68. The van der Waals surface area contributed by atoms with Crippen molar-refractivity contribution >= 4 is 34.0 Å². The summed E-state index contributed by atoms with van der Waals surface area (Å²) in [4.78, 5) is 0. The van der Waals surface area contributed by atoms with Crippen molar-refractivity contribution in [1.82, 2.24) is 5.32 Å². The lowest BCUT2D eigenvalue weighted by Crippen LogP contribution is -2.14. The molecule has 0 unspecified atom stereocenters. The summed E-state index contributed by atoms with van der Waals surface area (Å²) >= 11 is 12.6. The van der Waals surface area contributed by atoms with Crippen LogP contribution >= 0.6 is 23.2 Å². The highest BCUT2D eigenvalue weighted by Gasteiger charge is 2.12. The molecule has 0 spiro atoms. The second-order valence-electron chi connectivity index (χ2n) is 7.17. The van der Waals surface area contributed by atoms with E-state index in [4.69, 9.17) is 32.7 Å². The summed E-state index contributed by atoms with van der Waals surface area (Å²) in [5.41, 5.74) is 2.98. The average molecular weight is 452 g/mol. The van der Waals surface area contributed by atoms with Crippen LogP contribution in [0.5, 0.6) is 11.5 Å². The minimum Gasteiger partial charge on any atom is -0.496 e. The van der Waals surface area contributed by atoms with Crippen molar-refractivity contribution in [3.8, 4) is 11.5 Å². The van der Waals surface area contributed by atoms with E-state index in [1.807, 2.05) is 54.6 Å². The molecular formula is C26H23Cl2NO2. The molecule has 0 amide bonds. The van der Waals surface area contributed by atoms with E-state index in [9.17, 15) is 0 Å². The van der Waals surface area contributed by atoms with Gasteiger partial charge in [-0.1, -0.05) is 77.8 Å². The van der Waals surface area contributed by atoms with Gasteiger partial charge < -0.3 is 14.8 Å². The summed E-state index contributed by atoms with van der Waals surface area (Å²) < 4.78 is 11.7. The van der Waals surface area contributed by atoms with Crippen molar-refractivity contribution in [2.75, 3.05) is 7.11 Å². The highest BCUT2D eigenvalue weighted by Crippen LogP contribution is 2.31. The minimum atomic E-state index is 0.302. The number of rotatable bonds is 8. The predicted molar refractivity (Wildman–Crippen MR) is 128 cm³/mol. The molecule has 4 aromatic carbocycles. The molecule has 0 bridgehead atoms. The third kappa shape index (κ3) is 4.96. The van der Waals surface area contributed by atoms with E-state index >= 15 is 0 Å². The first kappa shape index (κ1) is 21.5. The monoisotopic (exact) mass is 451 g/mol. The van der Waals surface area contributed by atoms with E-state index in [0.29, 0.717) is 29.7 Å². The van der Waals surface area contributed by atoms with Crippen molar-refractivity contribution in [3.63, 3.8) is 0 Å². The van der Waals surface area contributed by atoms with Crippen LogP contribution < -0.4 is 14.8 Å². The molecule has 0 aliphatic rings. The maximum Gasteiger partial charge on any atom is 0.124 e. The van der Waals surface area contributed by atoms with Gasteiger partial charge in [0.05, 0.1) is 7.11 Å². The van der Waals surface area contributed by atoms with Gasteiger partial charge in [-0.3, -0.25) is 0 Å². The molecule has 0 radical (unpaired) electrons. The van der Waals surface area contributed by atoms with Gasteiger partial charge in [0.15, 0.2) is 0 Å². The number of methoxy groups -OCH3 is 1. The van der Waals surface area contributed by atoms with Crippen LogP contribution in [0.25, 0.3) is 10.8 Å². The number of benzene rings is 4. The number of nitrogens with one attached hydrogen (secondary N) is 1. The average Bonchev–Trinajstić information content (AvgIpc) is 2.80. The molecule has 0 aliphatic carbocycles. The quantitative estimate of drug-likeness (QED) is 0.312. The van der Waals surface area contributed by atoms with Crippen LogP contribution in [0.15, 0.2) is 78.9 Å². The van der Waals surface area contributed by atoms with Crippen molar-refractivity contribution in [3.05, 3.63) is 106 Å². The zero-order chi connectivity index (χ0) is 21.6. The number of fused-ring (bicyclic) bond motifs is 1. The van der Waals surface area contributed by atoms with Gasteiger partial charge in [-0.05, 0) is 35.0 Å². The molecule has 4 rings (SSSR count). The molecule has 0 atom stereocenters. The van der Waals surface area contributed by atoms with Crippen molar-refractivity contribution in [2.24, 2.45) is 0 Å². The molecule has 4 aromatic rings. The van der Waals surface area contributed by atoms with Crippen LogP contribution in [0, 0.1) is 0 Å². The zero-order valence-electron chi connectivity index (χ0n) is 17.2. The van der Waals surface area contributed by atoms with Crippen LogP contribution in [0.4, 0.5) is 0 Å². The van der Waals surface area contributed by atoms with Crippen LogP contribution in [-0.4, -0.2) is 7.11 Å². The highest BCUT2D eigenvalue weighted by atomic mass is 35.5. The smallest absolute Gasteiger partial charge is 0.124 e. The first-order valence-electron chi connectivity index (χ1n) is 10.1. The van der Waals surface area contributed by atoms with E-state index in [0.717, 1.165) is 33.6 Å². The van der Waals surface area contributed by atoms with Crippen molar-refractivity contribution in [1.29, 1.82) is 0 Å². The Kier molecular flexibility index (Phi) is 6.98. The Bertz CT molecular complexity index is 1170. The van der Waals surface area contributed by atoms with E-state index in [2.05, 4.69) is 29.6 Å². The van der Waals surface area contributed by atoms with Crippen LogP contribution in [0.2, 0.25) is 10.0 Å². The largest absolute Gasteiger partial charge is 0.496 e. The lowest BCUT2D eigenvalue weighted by atomic mass is 10.0. The Hall–Kier alpha value is -2.72. The fourth-order valence-corrected chi connectivity index (χ4v) is 4.13. The second-order valence-corrected chi connectivity index (χ2v) is 7.98. The maximum absolute atomic E-state index is 6.32. The molecule has 0 aliphatic heterocycles. The number of hydrogen-bond acceptors (Lipinski definition) is 3. The normalized spacial score (nSPS) is 10.9. The number of ether oxygens (including phenoxy) is 2. The lowest BCUT2D eigenvalue weighted by molar-refractivity contribution is 0.303. The molecule has 0 fully saturated rings. The first-order valence-corrected chi connectivity index (χ1v) is 10.8. The molecule has 0 saturated carbocycles. The molecule has 0 saturated heterocycles. The standard InChI is InChI=1S/C26H23Cl2NO2/c1-30-25-12-5-3-8-19(25)15-29-16-21-20-9-4-2-7-18(20)13-14-26(21)31-17-22-23(27)10-6-11-24(22)28/h2-14,29H,15-17H2,1H3. The Balaban J connectivity index is 1.58. The fourth-order valence-electron chi connectivity index (χ4n) is 3.62. The molecule has 31 heavy (non-hydrogen) atoms. The van der Waals surface area contributed by atoms with Gasteiger partial charge in [0, 0.05) is 39.8 Å². The molecule has 5 heteroatoms. The Morgan fingerprint density at radius 1 is 0.710 bits per heavy atom. The first-order chi connectivity index (χ1) is 15.2. The molecule has 0 aromatic heterocycles. The Morgan fingerprint density at radius 3 is 2.26 bits per heavy atom. The van der Waals surface area contributed by atoms with Gasteiger partial charge in [0.25, 0.3) is 0 Å². The van der Waals surface area contributed by atoms with Gasteiger partial charge in [0.2, 0.25) is 0 Å². The Morgan fingerprint density at radius 2 is 1.45 bits per heavy atom. The van der Waals surface area contributed by atoms with Gasteiger partial charge in [-0.2, -0.15) is 0 Å².